The van der Waals surface area contributed by atoms with E-state index < -0.39 is 6.67 Å². The third kappa shape index (κ3) is 2.07. The molecule has 0 saturated heterocycles. The van der Waals surface area contributed by atoms with Crippen molar-refractivity contribution in [2.75, 3.05) is 24.3 Å². The number of nitrogens with two attached hydrogens (primary N) is 1. The highest BCUT2D eigenvalue weighted by molar-refractivity contribution is 5.52. The summed E-state index contributed by atoms with van der Waals surface area (Å²) in [6.45, 7) is 1.33. The first kappa shape index (κ1) is 10.2. The first-order valence-electron chi connectivity index (χ1n) is 4.03. The molecule has 5 nitrogen and oxygen atoms in total. The number of halogens is 1. The average molecular weight is 195 g/mol. The maximum atomic E-state index is 11.9. The maximum Gasteiger partial charge on any atom is 0.183 e. The standard InChI is InChI=1S/C8H10FN5/c1-5-8(12-3-2-9)14-7(11)6(4-10)13-5/h2-3H2,1H3,(H3,11,12,14). The van der Waals surface area contributed by atoms with Gasteiger partial charge in [0.1, 0.15) is 18.6 Å². The molecule has 0 spiro atoms. The predicted octanol–water partition coefficient (Wildman–Crippen LogP) is 0.620. The third-order valence-corrected chi connectivity index (χ3v) is 1.59. The molecule has 0 atom stereocenters. The smallest absolute Gasteiger partial charge is 0.183 e. The summed E-state index contributed by atoms with van der Waals surface area (Å²) in [5.74, 6) is 0.471. The van der Waals surface area contributed by atoms with Gasteiger partial charge in [0.2, 0.25) is 0 Å². The summed E-state index contributed by atoms with van der Waals surface area (Å²) in [5.41, 5.74) is 6.07. The molecule has 1 aromatic heterocycles. The van der Waals surface area contributed by atoms with Gasteiger partial charge in [-0.1, -0.05) is 0 Å². The van der Waals surface area contributed by atoms with Crippen molar-refractivity contribution < 1.29 is 4.39 Å². The van der Waals surface area contributed by atoms with Gasteiger partial charge in [0.05, 0.1) is 5.69 Å². The van der Waals surface area contributed by atoms with E-state index in [0.29, 0.717) is 11.5 Å². The summed E-state index contributed by atoms with van der Waals surface area (Å²) < 4.78 is 11.9. The van der Waals surface area contributed by atoms with Crippen molar-refractivity contribution in [3.8, 4) is 6.07 Å². The molecule has 3 N–H and O–H groups in total. The van der Waals surface area contributed by atoms with Gasteiger partial charge in [0, 0.05) is 6.54 Å². The normalized spacial score (nSPS) is 9.50. The van der Waals surface area contributed by atoms with Gasteiger partial charge in [0.15, 0.2) is 11.5 Å². The molecule has 0 aliphatic rings. The van der Waals surface area contributed by atoms with E-state index in [-0.39, 0.29) is 18.1 Å². The third-order valence-electron chi connectivity index (χ3n) is 1.59. The van der Waals surface area contributed by atoms with Crippen molar-refractivity contribution in [2.45, 2.75) is 6.92 Å². The highest BCUT2D eigenvalue weighted by Crippen LogP contribution is 2.13. The second-order valence-corrected chi connectivity index (χ2v) is 2.62. The topological polar surface area (TPSA) is 87.6 Å². The van der Waals surface area contributed by atoms with Gasteiger partial charge in [-0.3, -0.25) is 0 Å². The molecule has 0 radical (unpaired) electrons. The van der Waals surface area contributed by atoms with E-state index in [1.54, 1.807) is 6.92 Å². The molecule has 0 bridgehead atoms. The number of rotatable bonds is 3. The number of hydrogen-bond donors (Lipinski definition) is 2. The Morgan fingerprint density at radius 1 is 1.57 bits per heavy atom. The summed E-state index contributed by atoms with van der Waals surface area (Å²) in [5, 5.41) is 11.3. The van der Waals surface area contributed by atoms with Crippen LogP contribution in [0.15, 0.2) is 0 Å². The Morgan fingerprint density at radius 3 is 2.86 bits per heavy atom. The minimum atomic E-state index is -0.499. The number of nitrogens with one attached hydrogen (secondary N) is 1. The van der Waals surface area contributed by atoms with Crippen LogP contribution in [-0.4, -0.2) is 23.2 Å². The molecular formula is C8H10FN5. The number of nitriles is 1. The average Bonchev–Trinajstić information content (AvgIpc) is 2.18. The summed E-state index contributed by atoms with van der Waals surface area (Å²) >= 11 is 0. The van der Waals surface area contributed by atoms with Crippen LogP contribution in [0.2, 0.25) is 0 Å². The predicted molar refractivity (Wildman–Crippen MR) is 50.4 cm³/mol. The number of alkyl halides is 1. The largest absolute Gasteiger partial charge is 0.381 e. The van der Waals surface area contributed by atoms with Crippen LogP contribution in [0.1, 0.15) is 11.4 Å². The van der Waals surface area contributed by atoms with E-state index >= 15 is 0 Å². The van der Waals surface area contributed by atoms with Crippen molar-refractivity contribution in [3.63, 3.8) is 0 Å². The van der Waals surface area contributed by atoms with E-state index in [4.69, 9.17) is 11.0 Å². The molecule has 0 saturated carbocycles. The van der Waals surface area contributed by atoms with Crippen molar-refractivity contribution >= 4 is 11.6 Å². The summed E-state index contributed by atoms with van der Waals surface area (Å²) in [6, 6.07) is 1.82. The van der Waals surface area contributed by atoms with E-state index in [9.17, 15) is 4.39 Å². The lowest BCUT2D eigenvalue weighted by atomic mass is 10.3. The second kappa shape index (κ2) is 4.37. The Kier molecular flexibility index (Phi) is 3.18. The molecule has 0 aliphatic carbocycles. The summed E-state index contributed by atoms with van der Waals surface area (Å²) in [4.78, 5) is 7.81. The van der Waals surface area contributed by atoms with Crippen LogP contribution in [-0.2, 0) is 0 Å². The number of anilines is 2. The van der Waals surface area contributed by atoms with Crippen LogP contribution in [0.25, 0.3) is 0 Å². The lowest BCUT2D eigenvalue weighted by Gasteiger charge is -2.07. The Bertz CT molecular complexity index is 371. The van der Waals surface area contributed by atoms with Gasteiger partial charge in [0.25, 0.3) is 0 Å². The maximum absolute atomic E-state index is 11.9. The molecule has 1 heterocycles. The van der Waals surface area contributed by atoms with Crippen molar-refractivity contribution in [3.05, 3.63) is 11.4 Å². The molecular weight excluding hydrogens is 185 g/mol. The minimum Gasteiger partial charge on any atom is -0.381 e. The zero-order valence-electron chi connectivity index (χ0n) is 7.71. The minimum absolute atomic E-state index is 0.0551. The molecule has 0 aliphatic heterocycles. The van der Waals surface area contributed by atoms with Gasteiger partial charge in [-0.15, -0.1) is 0 Å². The first-order valence-corrected chi connectivity index (χ1v) is 4.03. The van der Waals surface area contributed by atoms with E-state index in [0.717, 1.165) is 0 Å². The SMILES string of the molecule is Cc1nc(C#N)c(N)nc1NCCF. The molecule has 1 rings (SSSR count). The van der Waals surface area contributed by atoms with Crippen molar-refractivity contribution in [2.24, 2.45) is 0 Å². The van der Waals surface area contributed by atoms with Crippen LogP contribution < -0.4 is 11.1 Å². The van der Waals surface area contributed by atoms with Crippen LogP contribution in [0.5, 0.6) is 0 Å². The molecule has 1 aromatic rings. The van der Waals surface area contributed by atoms with Crippen LogP contribution in [0, 0.1) is 18.3 Å². The Balaban J connectivity index is 2.98. The van der Waals surface area contributed by atoms with Gasteiger partial charge in [-0.05, 0) is 6.92 Å². The second-order valence-electron chi connectivity index (χ2n) is 2.62. The fourth-order valence-electron chi connectivity index (χ4n) is 0.948. The monoisotopic (exact) mass is 195 g/mol. The first-order chi connectivity index (χ1) is 6.69. The summed E-state index contributed by atoms with van der Waals surface area (Å²) in [7, 11) is 0. The molecule has 6 heteroatoms. The molecule has 0 aromatic carbocycles. The highest BCUT2D eigenvalue weighted by Gasteiger charge is 2.07. The summed E-state index contributed by atoms with van der Waals surface area (Å²) in [6.07, 6.45) is 0. The van der Waals surface area contributed by atoms with Crippen LogP contribution in [0.3, 0.4) is 0 Å². The number of hydrogen-bond acceptors (Lipinski definition) is 5. The number of aromatic nitrogens is 2. The molecule has 0 fully saturated rings. The number of aryl methyl sites for hydroxylation is 1. The fraction of sp³-hybridized carbons (Fsp3) is 0.375. The fourth-order valence-corrected chi connectivity index (χ4v) is 0.948. The zero-order valence-corrected chi connectivity index (χ0v) is 7.71. The van der Waals surface area contributed by atoms with Gasteiger partial charge in [-0.25, -0.2) is 14.4 Å². The van der Waals surface area contributed by atoms with E-state index in [1.807, 2.05) is 6.07 Å². The zero-order chi connectivity index (χ0) is 10.6. The Labute approximate surface area is 80.8 Å². The van der Waals surface area contributed by atoms with Crippen molar-refractivity contribution in [1.29, 1.82) is 5.26 Å². The van der Waals surface area contributed by atoms with Gasteiger partial charge < -0.3 is 11.1 Å². The van der Waals surface area contributed by atoms with Crippen molar-refractivity contribution in [1.82, 2.24) is 9.97 Å². The Morgan fingerprint density at radius 2 is 2.29 bits per heavy atom. The Hall–Kier alpha value is -1.90. The lowest BCUT2D eigenvalue weighted by Crippen LogP contribution is -2.10. The molecule has 14 heavy (non-hydrogen) atoms. The quantitative estimate of drug-likeness (QED) is 0.738. The van der Waals surface area contributed by atoms with Gasteiger partial charge in [-0.2, -0.15) is 5.26 Å². The number of nitrogens with zero attached hydrogens (tertiary/aromatic N) is 3. The van der Waals surface area contributed by atoms with E-state index in [1.165, 1.54) is 0 Å². The highest BCUT2D eigenvalue weighted by atomic mass is 19.1. The number of nitrogen functional groups attached to an aromatic ring is 1. The van der Waals surface area contributed by atoms with E-state index in [2.05, 4.69) is 15.3 Å². The molecule has 74 valence electrons. The van der Waals surface area contributed by atoms with Crippen LogP contribution >= 0.6 is 0 Å². The lowest BCUT2D eigenvalue weighted by molar-refractivity contribution is 0.512. The van der Waals surface area contributed by atoms with Gasteiger partial charge >= 0.3 is 0 Å². The van der Waals surface area contributed by atoms with Crippen LogP contribution in [0.4, 0.5) is 16.0 Å². The molecule has 0 amide bonds. The molecule has 0 unspecified atom stereocenters.